The molecule has 0 aromatic heterocycles. The fraction of sp³-hybridized carbons (Fsp3) is 0.400. The number of aliphatic hydroxyl groups excluding tert-OH is 1. The summed E-state index contributed by atoms with van der Waals surface area (Å²) < 4.78 is 39.3. The standard InChI is InChI=1S/C10H11FN2O5S/c11-9-5-8(1-2-10(9)13(15)16)19(17,18)12-6-3-7(14)4-6/h1-2,5-7,12,14H,3-4H2. The fourth-order valence-corrected chi connectivity index (χ4v) is 3.05. The van der Waals surface area contributed by atoms with E-state index in [1.807, 2.05) is 0 Å². The van der Waals surface area contributed by atoms with Crippen LogP contribution in [0.1, 0.15) is 12.8 Å². The lowest BCUT2D eigenvalue weighted by atomic mass is 9.91. The first-order valence-electron chi connectivity index (χ1n) is 5.44. The average Bonchev–Trinajstić information content (AvgIpc) is 2.26. The molecule has 104 valence electrons. The second-order valence-electron chi connectivity index (χ2n) is 4.31. The molecule has 0 spiro atoms. The summed E-state index contributed by atoms with van der Waals surface area (Å²) in [6.07, 6.45) is 0.0740. The molecule has 1 fully saturated rings. The quantitative estimate of drug-likeness (QED) is 0.621. The van der Waals surface area contributed by atoms with E-state index in [2.05, 4.69) is 4.72 Å². The van der Waals surface area contributed by atoms with Gasteiger partial charge in [-0.05, 0) is 18.9 Å². The Morgan fingerprint density at radius 1 is 1.42 bits per heavy atom. The Hall–Kier alpha value is -1.58. The van der Waals surface area contributed by atoms with Crippen molar-refractivity contribution < 1.29 is 22.8 Å². The van der Waals surface area contributed by atoms with Crippen LogP contribution in [0.5, 0.6) is 0 Å². The maximum Gasteiger partial charge on any atom is 0.304 e. The third-order valence-corrected chi connectivity index (χ3v) is 4.38. The number of nitrogens with zero attached hydrogens (tertiary/aromatic N) is 1. The molecule has 19 heavy (non-hydrogen) atoms. The molecule has 1 aliphatic carbocycles. The van der Waals surface area contributed by atoms with Gasteiger partial charge in [-0.3, -0.25) is 10.1 Å². The first kappa shape index (κ1) is 13.8. The van der Waals surface area contributed by atoms with Crippen molar-refractivity contribution in [2.24, 2.45) is 0 Å². The van der Waals surface area contributed by atoms with Gasteiger partial charge in [0.05, 0.1) is 15.9 Å². The average molecular weight is 290 g/mol. The molecule has 9 heteroatoms. The van der Waals surface area contributed by atoms with Crippen LogP contribution in [0.2, 0.25) is 0 Å². The number of nitrogens with one attached hydrogen (secondary N) is 1. The molecule has 0 aliphatic heterocycles. The van der Waals surface area contributed by atoms with Crippen molar-refractivity contribution in [2.75, 3.05) is 0 Å². The van der Waals surface area contributed by atoms with Crippen LogP contribution in [0, 0.1) is 15.9 Å². The van der Waals surface area contributed by atoms with Crippen molar-refractivity contribution in [3.05, 3.63) is 34.1 Å². The molecule has 0 amide bonds. The van der Waals surface area contributed by atoms with Crippen molar-refractivity contribution in [2.45, 2.75) is 29.9 Å². The molecule has 0 heterocycles. The molecule has 0 radical (unpaired) electrons. The summed E-state index contributed by atoms with van der Waals surface area (Å²) in [6.45, 7) is 0. The zero-order valence-corrected chi connectivity index (χ0v) is 10.4. The maximum atomic E-state index is 13.4. The highest BCUT2D eigenvalue weighted by atomic mass is 32.2. The molecule has 1 aromatic carbocycles. The second kappa shape index (κ2) is 4.83. The lowest BCUT2D eigenvalue weighted by molar-refractivity contribution is -0.387. The molecule has 0 atom stereocenters. The fourth-order valence-electron chi connectivity index (χ4n) is 1.77. The third kappa shape index (κ3) is 2.88. The highest BCUT2D eigenvalue weighted by molar-refractivity contribution is 7.89. The number of halogens is 1. The van der Waals surface area contributed by atoms with Gasteiger partial charge in [0.25, 0.3) is 0 Å². The lowest BCUT2D eigenvalue weighted by Crippen LogP contribution is -2.46. The van der Waals surface area contributed by atoms with E-state index in [1.165, 1.54) is 0 Å². The second-order valence-corrected chi connectivity index (χ2v) is 6.03. The van der Waals surface area contributed by atoms with E-state index in [0.29, 0.717) is 18.9 Å². The van der Waals surface area contributed by atoms with Gasteiger partial charge in [0.2, 0.25) is 15.8 Å². The van der Waals surface area contributed by atoms with Crippen molar-refractivity contribution in [3.63, 3.8) is 0 Å². The molecule has 0 saturated heterocycles. The number of benzene rings is 1. The van der Waals surface area contributed by atoms with Gasteiger partial charge in [-0.1, -0.05) is 0 Å². The maximum absolute atomic E-state index is 13.4. The molecular weight excluding hydrogens is 279 g/mol. The van der Waals surface area contributed by atoms with Crippen LogP contribution in [-0.4, -0.2) is 30.6 Å². The van der Waals surface area contributed by atoms with Crippen LogP contribution in [0.4, 0.5) is 10.1 Å². The van der Waals surface area contributed by atoms with Crippen molar-refractivity contribution >= 4 is 15.7 Å². The van der Waals surface area contributed by atoms with E-state index >= 15 is 0 Å². The predicted octanol–water partition coefficient (Wildman–Crippen LogP) is 0.536. The molecule has 0 bridgehead atoms. The van der Waals surface area contributed by atoms with E-state index in [0.717, 1.165) is 12.1 Å². The van der Waals surface area contributed by atoms with Crippen molar-refractivity contribution in [3.8, 4) is 0 Å². The summed E-state index contributed by atoms with van der Waals surface area (Å²) >= 11 is 0. The van der Waals surface area contributed by atoms with Crippen LogP contribution in [0.25, 0.3) is 0 Å². The van der Waals surface area contributed by atoms with E-state index in [9.17, 15) is 22.9 Å². The lowest BCUT2D eigenvalue weighted by Gasteiger charge is -2.31. The van der Waals surface area contributed by atoms with Crippen molar-refractivity contribution in [1.29, 1.82) is 0 Å². The topological polar surface area (TPSA) is 110 Å². The summed E-state index contributed by atoms with van der Waals surface area (Å²) in [7, 11) is -3.93. The molecule has 0 unspecified atom stereocenters. The van der Waals surface area contributed by atoms with Gasteiger partial charge in [-0.15, -0.1) is 0 Å². The summed E-state index contributed by atoms with van der Waals surface area (Å²) in [5, 5.41) is 19.5. The Balaban J connectivity index is 2.21. The Bertz CT molecular complexity index is 612. The van der Waals surface area contributed by atoms with Gasteiger partial charge < -0.3 is 5.11 Å². The minimum Gasteiger partial charge on any atom is -0.393 e. The number of hydrogen-bond donors (Lipinski definition) is 2. The van der Waals surface area contributed by atoms with Crippen LogP contribution in [0.3, 0.4) is 0 Å². The smallest absolute Gasteiger partial charge is 0.304 e. The SMILES string of the molecule is O=[N+]([O-])c1ccc(S(=O)(=O)NC2CC(O)C2)cc1F. The van der Waals surface area contributed by atoms with E-state index in [1.54, 1.807) is 0 Å². The van der Waals surface area contributed by atoms with E-state index in [-0.39, 0.29) is 4.90 Å². The first-order valence-corrected chi connectivity index (χ1v) is 6.92. The first-order chi connectivity index (χ1) is 8.79. The summed E-state index contributed by atoms with van der Waals surface area (Å²) in [6, 6.07) is 1.99. The Morgan fingerprint density at radius 3 is 2.53 bits per heavy atom. The molecule has 2 rings (SSSR count). The number of nitro groups is 1. The highest BCUT2D eigenvalue weighted by Crippen LogP contribution is 2.24. The van der Waals surface area contributed by atoms with Gasteiger partial charge in [0.1, 0.15) is 0 Å². The van der Waals surface area contributed by atoms with Gasteiger partial charge >= 0.3 is 5.69 Å². The molecule has 1 aliphatic rings. The van der Waals surface area contributed by atoms with Crippen LogP contribution in [0.15, 0.2) is 23.1 Å². The van der Waals surface area contributed by atoms with Gasteiger partial charge in [0.15, 0.2) is 0 Å². The summed E-state index contributed by atoms with van der Waals surface area (Å²) in [5.41, 5.74) is -0.780. The number of sulfonamides is 1. The monoisotopic (exact) mass is 290 g/mol. The molecule has 1 aromatic rings. The predicted molar refractivity (Wildman–Crippen MR) is 62.4 cm³/mol. The Morgan fingerprint density at radius 2 is 2.05 bits per heavy atom. The van der Waals surface area contributed by atoms with E-state index in [4.69, 9.17) is 5.11 Å². The van der Waals surface area contributed by atoms with Crippen LogP contribution < -0.4 is 4.72 Å². The molecular formula is C10H11FN2O5S. The summed E-state index contributed by atoms with van der Waals surface area (Å²) in [4.78, 5) is 9.12. The van der Waals surface area contributed by atoms with Crippen molar-refractivity contribution in [1.82, 2.24) is 4.72 Å². The Kier molecular flexibility index (Phi) is 3.52. The Labute approximate surface area is 108 Å². The van der Waals surface area contributed by atoms with Gasteiger partial charge in [-0.2, -0.15) is 4.39 Å². The zero-order valence-electron chi connectivity index (χ0n) is 9.61. The van der Waals surface area contributed by atoms with E-state index < -0.39 is 38.6 Å². The normalized spacial score (nSPS) is 22.8. The minimum absolute atomic E-state index is 0.300. The number of aliphatic hydroxyl groups is 1. The number of hydrogen-bond acceptors (Lipinski definition) is 5. The number of rotatable bonds is 4. The van der Waals surface area contributed by atoms with Crippen LogP contribution in [-0.2, 0) is 10.0 Å². The molecule has 7 nitrogen and oxygen atoms in total. The zero-order chi connectivity index (χ0) is 14.2. The summed E-state index contributed by atoms with van der Waals surface area (Å²) in [5.74, 6) is -1.21. The third-order valence-electron chi connectivity index (χ3n) is 2.86. The molecule has 2 N–H and O–H groups in total. The number of nitro benzene ring substituents is 1. The minimum atomic E-state index is -3.93. The van der Waals surface area contributed by atoms with Gasteiger partial charge in [0, 0.05) is 18.2 Å². The largest absolute Gasteiger partial charge is 0.393 e. The highest BCUT2D eigenvalue weighted by Gasteiger charge is 2.31. The van der Waals surface area contributed by atoms with Crippen LogP contribution >= 0.6 is 0 Å². The van der Waals surface area contributed by atoms with Gasteiger partial charge in [-0.25, -0.2) is 13.1 Å². The molecule has 1 saturated carbocycles.